The Bertz CT molecular complexity index is 1320. The van der Waals surface area contributed by atoms with Crippen molar-refractivity contribution in [2.75, 3.05) is 11.9 Å². The quantitative estimate of drug-likeness (QED) is 0.418. The fraction of sp³-hybridized carbons (Fsp3) is 0.200. The molecule has 5 nitrogen and oxygen atoms in total. The smallest absolute Gasteiger partial charge is 0.306 e. The third-order valence-corrected chi connectivity index (χ3v) is 7.22. The third-order valence-electron chi connectivity index (χ3n) is 6.47. The van der Waals surface area contributed by atoms with E-state index in [0.717, 1.165) is 38.1 Å². The Morgan fingerprint density at radius 1 is 1.12 bits per heavy atom. The van der Waals surface area contributed by atoms with Crippen molar-refractivity contribution in [1.82, 2.24) is 5.01 Å². The Hall–Kier alpha value is -2.83. The number of likely N-dealkylation sites (N-methyl/N-ethyl adjacent to an activating group) is 1. The largest absolute Gasteiger partial charge is 0.453 e. The Kier molecular flexibility index (Phi) is 4.23. The highest BCUT2D eigenvalue weighted by Crippen LogP contribution is 2.55. The van der Waals surface area contributed by atoms with E-state index in [-0.39, 0.29) is 11.9 Å². The second kappa shape index (κ2) is 6.83. The zero-order chi connectivity index (χ0) is 22.2. The summed E-state index contributed by atoms with van der Waals surface area (Å²) in [4.78, 5) is 15.5. The van der Waals surface area contributed by atoms with E-state index in [9.17, 15) is 4.79 Å². The van der Waals surface area contributed by atoms with E-state index < -0.39 is 5.72 Å². The zero-order valence-corrected chi connectivity index (χ0v) is 19.8. The summed E-state index contributed by atoms with van der Waals surface area (Å²) in [6, 6.07) is 19.5. The van der Waals surface area contributed by atoms with Gasteiger partial charge in [-0.3, -0.25) is 4.79 Å². The molecule has 0 saturated heterocycles. The molecular weight excluding hydrogens is 490 g/mol. The van der Waals surface area contributed by atoms with Crippen molar-refractivity contribution in [3.63, 3.8) is 0 Å². The topological polar surface area (TPSA) is 45.1 Å². The number of ether oxygens (including phenoxy) is 1. The first-order valence-electron chi connectivity index (χ1n) is 10.4. The lowest BCUT2D eigenvalue weighted by Crippen LogP contribution is -2.56. The maximum atomic E-state index is 13.8. The fourth-order valence-electron chi connectivity index (χ4n) is 4.92. The van der Waals surface area contributed by atoms with Crippen LogP contribution in [0.5, 0.6) is 5.75 Å². The number of carbonyl (C=O) groups is 1. The molecule has 0 aliphatic carbocycles. The van der Waals surface area contributed by atoms with Crippen molar-refractivity contribution < 1.29 is 9.53 Å². The molecule has 0 fully saturated rings. The van der Waals surface area contributed by atoms with Gasteiger partial charge in [-0.15, -0.1) is 0 Å². The van der Waals surface area contributed by atoms with Gasteiger partial charge in [0.2, 0.25) is 0 Å². The highest BCUT2D eigenvalue weighted by Gasteiger charge is 2.62. The second-order valence-corrected chi connectivity index (χ2v) is 9.78. The maximum Gasteiger partial charge on any atom is 0.306 e. The van der Waals surface area contributed by atoms with E-state index in [2.05, 4.69) is 22.0 Å². The van der Waals surface area contributed by atoms with Gasteiger partial charge in [-0.1, -0.05) is 51.3 Å². The van der Waals surface area contributed by atoms with E-state index in [4.69, 9.17) is 21.4 Å². The summed E-state index contributed by atoms with van der Waals surface area (Å²) in [5, 5.41) is 7.55. The summed E-state index contributed by atoms with van der Waals surface area (Å²) >= 11 is 9.69. The summed E-state index contributed by atoms with van der Waals surface area (Å²) in [5.74, 6) is 0.566. The van der Waals surface area contributed by atoms with E-state index in [0.29, 0.717) is 17.2 Å². The Morgan fingerprint density at radius 2 is 1.91 bits per heavy atom. The van der Waals surface area contributed by atoms with Crippen molar-refractivity contribution in [3.05, 3.63) is 92.4 Å². The van der Waals surface area contributed by atoms with Gasteiger partial charge in [-0.2, -0.15) is 5.10 Å². The molecule has 1 amide bonds. The van der Waals surface area contributed by atoms with Crippen LogP contribution in [0, 0.1) is 6.92 Å². The lowest BCUT2D eigenvalue weighted by atomic mass is 9.92. The van der Waals surface area contributed by atoms with Crippen molar-refractivity contribution in [2.24, 2.45) is 5.10 Å². The number of hydrogen-bond acceptors (Lipinski definition) is 4. The average Bonchev–Trinajstić information content (AvgIpc) is 3.31. The van der Waals surface area contributed by atoms with E-state index in [1.807, 2.05) is 66.5 Å². The molecular formula is C25H19BrClN3O2. The molecule has 0 saturated carbocycles. The Labute approximate surface area is 199 Å². The maximum absolute atomic E-state index is 13.8. The molecule has 3 aliphatic heterocycles. The van der Waals surface area contributed by atoms with Gasteiger partial charge in [-0.05, 0) is 55.0 Å². The first-order valence-corrected chi connectivity index (χ1v) is 11.6. The van der Waals surface area contributed by atoms with Crippen LogP contribution >= 0.6 is 27.5 Å². The van der Waals surface area contributed by atoms with Crippen LogP contribution in [0.15, 0.2) is 70.2 Å². The predicted octanol–water partition coefficient (Wildman–Crippen LogP) is 5.78. The number of aryl methyl sites for hydroxylation is 1. The van der Waals surface area contributed by atoms with Gasteiger partial charge in [0.15, 0.2) is 0 Å². The molecule has 0 unspecified atom stereocenters. The van der Waals surface area contributed by atoms with E-state index in [1.54, 1.807) is 11.9 Å². The number of anilines is 1. The van der Waals surface area contributed by atoms with Gasteiger partial charge in [0, 0.05) is 28.5 Å². The number of benzene rings is 3. The molecule has 3 aromatic carbocycles. The average molecular weight is 509 g/mol. The van der Waals surface area contributed by atoms with Crippen LogP contribution in [0.3, 0.4) is 0 Å². The normalized spacial score (nSPS) is 23.1. The number of hydrogen-bond donors (Lipinski definition) is 0. The second-order valence-electron chi connectivity index (χ2n) is 8.43. The number of fused-ring (bicyclic) bond motifs is 6. The van der Waals surface area contributed by atoms with Gasteiger partial charge in [0.05, 0.1) is 23.0 Å². The van der Waals surface area contributed by atoms with Crippen LogP contribution in [0.1, 0.15) is 34.7 Å². The number of halogens is 2. The molecule has 32 heavy (non-hydrogen) atoms. The van der Waals surface area contributed by atoms with Crippen LogP contribution < -0.4 is 9.64 Å². The van der Waals surface area contributed by atoms with E-state index in [1.165, 1.54) is 0 Å². The third kappa shape index (κ3) is 2.63. The molecule has 3 heterocycles. The summed E-state index contributed by atoms with van der Waals surface area (Å²) in [7, 11) is 1.79. The highest BCUT2D eigenvalue weighted by atomic mass is 79.9. The van der Waals surface area contributed by atoms with Gasteiger partial charge in [0.25, 0.3) is 5.91 Å². The number of amides is 1. The van der Waals surface area contributed by atoms with Crippen LogP contribution in [0.4, 0.5) is 5.69 Å². The minimum absolute atomic E-state index is 0.134. The van der Waals surface area contributed by atoms with E-state index >= 15 is 0 Å². The fourth-order valence-corrected chi connectivity index (χ4v) is 5.43. The molecule has 1 spiro atoms. The summed E-state index contributed by atoms with van der Waals surface area (Å²) in [6.45, 7) is 2.02. The van der Waals surface area contributed by atoms with Crippen molar-refractivity contribution in [3.8, 4) is 5.75 Å². The number of hydrazone groups is 1. The van der Waals surface area contributed by atoms with Gasteiger partial charge in [-0.25, -0.2) is 5.01 Å². The number of nitrogens with zero attached hydrogens (tertiary/aromatic N) is 3. The molecule has 3 aromatic rings. The summed E-state index contributed by atoms with van der Waals surface area (Å²) in [6.07, 6.45) is 0.661. The molecule has 6 rings (SSSR count). The SMILES string of the molecule is Cc1ccc2c(c1)[C@@]1(Oc3ccc(Br)cc3[C@H]3CC(c4ccc(Cl)cc4)=NN31)C(=O)N2C. The lowest BCUT2D eigenvalue weighted by Gasteiger charge is -2.44. The number of carbonyl (C=O) groups excluding carboxylic acids is 1. The number of rotatable bonds is 1. The van der Waals surface area contributed by atoms with Crippen molar-refractivity contribution >= 4 is 44.8 Å². The van der Waals surface area contributed by atoms with Crippen LogP contribution in [-0.2, 0) is 10.5 Å². The minimum atomic E-state index is -1.34. The van der Waals surface area contributed by atoms with Gasteiger partial charge in [0.1, 0.15) is 5.75 Å². The molecule has 3 aliphatic rings. The van der Waals surface area contributed by atoms with Gasteiger partial charge >= 0.3 is 5.72 Å². The van der Waals surface area contributed by atoms with Crippen LogP contribution in [0.25, 0.3) is 0 Å². The lowest BCUT2D eigenvalue weighted by molar-refractivity contribution is -0.163. The molecule has 0 aromatic heterocycles. The highest BCUT2D eigenvalue weighted by molar-refractivity contribution is 9.10. The van der Waals surface area contributed by atoms with Crippen molar-refractivity contribution in [2.45, 2.75) is 25.1 Å². The molecule has 160 valence electrons. The molecule has 0 radical (unpaired) electrons. The zero-order valence-electron chi connectivity index (χ0n) is 17.5. The molecule has 7 heteroatoms. The van der Waals surface area contributed by atoms with Gasteiger partial charge < -0.3 is 9.64 Å². The van der Waals surface area contributed by atoms with Crippen LogP contribution in [0.2, 0.25) is 5.02 Å². The van der Waals surface area contributed by atoms with Crippen LogP contribution in [-0.4, -0.2) is 23.7 Å². The predicted molar refractivity (Wildman–Crippen MR) is 128 cm³/mol. The Balaban J connectivity index is 1.59. The molecule has 0 N–H and O–H groups in total. The monoisotopic (exact) mass is 507 g/mol. The first-order chi connectivity index (χ1) is 15.4. The minimum Gasteiger partial charge on any atom is -0.453 e. The molecule has 0 bridgehead atoms. The Morgan fingerprint density at radius 3 is 2.69 bits per heavy atom. The summed E-state index contributed by atoms with van der Waals surface area (Å²) in [5.41, 5.74) is 4.29. The van der Waals surface area contributed by atoms with Crippen molar-refractivity contribution in [1.29, 1.82) is 0 Å². The molecule has 2 atom stereocenters. The summed E-state index contributed by atoms with van der Waals surface area (Å²) < 4.78 is 7.56. The standard InChI is InChI=1S/C25H19BrClN3O2/c1-14-3-9-21-19(11-14)25(24(31)29(21)2)30-22(18-12-16(26)6-10-23(18)32-25)13-20(28-30)15-4-7-17(27)8-5-15/h3-12,22H,13H2,1-2H3/t22-,25-/m1/s1. The first kappa shape index (κ1) is 19.8.